The molecule has 0 aliphatic carbocycles. The van der Waals surface area contributed by atoms with E-state index in [0.717, 1.165) is 16.3 Å². The second kappa shape index (κ2) is 6.15. The zero-order chi connectivity index (χ0) is 12.0. The third kappa shape index (κ3) is 4.90. The van der Waals surface area contributed by atoms with Gasteiger partial charge in [0, 0.05) is 16.3 Å². The Bertz CT molecular complexity index is 429. The van der Waals surface area contributed by atoms with Gasteiger partial charge < -0.3 is 5.73 Å². The van der Waals surface area contributed by atoms with Crippen LogP contribution in [0.5, 0.6) is 0 Å². The summed E-state index contributed by atoms with van der Waals surface area (Å²) in [7, 11) is -2.82. The fourth-order valence-electron chi connectivity index (χ4n) is 1.22. The number of sulfone groups is 1. The van der Waals surface area contributed by atoms with E-state index < -0.39 is 9.84 Å². The Labute approximate surface area is 101 Å². The van der Waals surface area contributed by atoms with E-state index in [1.807, 2.05) is 24.3 Å². The Morgan fingerprint density at radius 1 is 1.38 bits per heavy atom. The second-order valence-corrected chi connectivity index (χ2v) is 7.15. The number of benzene rings is 1. The van der Waals surface area contributed by atoms with Crippen molar-refractivity contribution in [3.63, 3.8) is 0 Å². The molecule has 3 nitrogen and oxygen atoms in total. The van der Waals surface area contributed by atoms with Gasteiger partial charge in [0.2, 0.25) is 0 Å². The van der Waals surface area contributed by atoms with Crippen LogP contribution in [0.15, 0.2) is 29.2 Å². The predicted molar refractivity (Wildman–Crippen MR) is 70.5 cm³/mol. The van der Waals surface area contributed by atoms with Crippen molar-refractivity contribution in [1.29, 1.82) is 0 Å². The van der Waals surface area contributed by atoms with E-state index in [-0.39, 0.29) is 11.5 Å². The lowest BCUT2D eigenvalue weighted by atomic mass is 10.3. The highest BCUT2D eigenvalue weighted by atomic mass is 32.2. The molecule has 0 aromatic heterocycles. The fourth-order valence-corrected chi connectivity index (χ4v) is 3.19. The highest BCUT2D eigenvalue weighted by molar-refractivity contribution is 7.99. The van der Waals surface area contributed by atoms with Gasteiger partial charge in [-0.25, -0.2) is 8.42 Å². The van der Waals surface area contributed by atoms with E-state index in [4.69, 9.17) is 5.73 Å². The number of anilines is 1. The molecule has 5 heteroatoms. The van der Waals surface area contributed by atoms with E-state index in [1.165, 1.54) is 0 Å². The number of hydrogen-bond acceptors (Lipinski definition) is 4. The van der Waals surface area contributed by atoms with Gasteiger partial charge in [-0.1, -0.05) is 13.0 Å². The third-order valence-corrected chi connectivity index (χ3v) is 5.04. The summed E-state index contributed by atoms with van der Waals surface area (Å²) in [6.45, 7) is 1.68. The topological polar surface area (TPSA) is 60.2 Å². The maximum absolute atomic E-state index is 11.2. The van der Waals surface area contributed by atoms with Crippen LogP contribution in [-0.4, -0.2) is 25.7 Å². The van der Waals surface area contributed by atoms with Crippen molar-refractivity contribution in [2.75, 3.05) is 23.0 Å². The molecule has 1 aromatic carbocycles. The third-order valence-electron chi connectivity index (χ3n) is 2.17. The van der Waals surface area contributed by atoms with Crippen molar-refractivity contribution >= 4 is 27.3 Å². The van der Waals surface area contributed by atoms with E-state index >= 15 is 0 Å². The van der Waals surface area contributed by atoms with Gasteiger partial charge >= 0.3 is 0 Å². The molecule has 0 aliphatic heterocycles. The minimum Gasteiger partial charge on any atom is -0.399 e. The lowest BCUT2D eigenvalue weighted by Gasteiger charge is -2.03. The minimum absolute atomic E-state index is 0.232. The Hall–Kier alpha value is -0.680. The molecule has 0 amide bonds. The van der Waals surface area contributed by atoms with Crippen molar-refractivity contribution in [3.8, 4) is 0 Å². The molecule has 2 N–H and O–H groups in total. The minimum atomic E-state index is -2.82. The predicted octanol–water partition coefficient (Wildman–Crippen LogP) is 2.19. The first-order valence-electron chi connectivity index (χ1n) is 5.22. The molecule has 16 heavy (non-hydrogen) atoms. The Morgan fingerprint density at radius 2 is 2.12 bits per heavy atom. The van der Waals surface area contributed by atoms with Crippen LogP contribution in [0.25, 0.3) is 0 Å². The average molecular weight is 259 g/mol. The van der Waals surface area contributed by atoms with E-state index in [9.17, 15) is 8.42 Å². The standard InChI is InChI=1S/C11H17NO2S2/c1-2-16(13,14)8-4-7-15-11-6-3-5-10(12)9-11/h3,5-6,9H,2,4,7-8,12H2,1H3. The molecule has 0 saturated carbocycles. The summed E-state index contributed by atoms with van der Waals surface area (Å²) >= 11 is 1.64. The van der Waals surface area contributed by atoms with Crippen LogP contribution < -0.4 is 5.73 Å². The second-order valence-electron chi connectivity index (χ2n) is 3.51. The summed E-state index contributed by atoms with van der Waals surface area (Å²) in [5.74, 6) is 1.32. The van der Waals surface area contributed by atoms with Crippen LogP contribution in [0.4, 0.5) is 5.69 Å². The number of hydrogen-bond donors (Lipinski definition) is 1. The van der Waals surface area contributed by atoms with Crippen LogP contribution in [0.2, 0.25) is 0 Å². The Balaban J connectivity index is 2.32. The van der Waals surface area contributed by atoms with Crippen LogP contribution in [0.3, 0.4) is 0 Å². The lowest BCUT2D eigenvalue weighted by Crippen LogP contribution is -2.09. The van der Waals surface area contributed by atoms with Gasteiger partial charge in [0.1, 0.15) is 9.84 Å². The average Bonchev–Trinajstić information content (AvgIpc) is 2.25. The van der Waals surface area contributed by atoms with Crippen molar-refractivity contribution in [2.24, 2.45) is 0 Å². The molecule has 0 fully saturated rings. The molecular weight excluding hydrogens is 242 g/mol. The van der Waals surface area contributed by atoms with Crippen molar-refractivity contribution < 1.29 is 8.42 Å². The molecule has 0 aliphatic rings. The summed E-state index contributed by atoms with van der Waals surface area (Å²) in [6, 6.07) is 7.63. The number of rotatable bonds is 6. The highest BCUT2D eigenvalue weighted by Crippen LogP contribution is 2.20. The normalized spacial score (nSPS) is 11.6. The summed E-state index contributed by atoms with van der Waals surface area (Å²) < 4.78 is 22.5. The lowest BCUT2D eigenvalue weighted by molar-refractivity contribution is 0.596. The van der Waals surface area contributed by atoms with Crippen LogP contribution in [-0.2, 0) is 9.84 Å². The number of nitrogens with two attached hydrogens (primary N) is 1. The molecule has 1 rings (SSSR count). The summed E-state index contributed by atoms with van der Waals surface area (Å²) in [5, 5.41) is 0. The number of nitrogen functional groups attached to an aromatic ring is 1. The maximum Gasteiger partial charge on any atom is 0.150 e. The van der Waals surface area contributed by atoms with E-state index in [1.54, 1.807) is 18.7 Å². The van der Waals surface area contributed by atoms with Gasteiger partial charge in [-0.3, -0.25) is 0 Å². The molecule has 90 valence electrons. The fraction of sp³-hybridized carbons (Fsp3) is 0.455. The molecule has 0 radical (unpaired) electrons. The Kier molecular flexibility index (Phi) is 5.15. The van der Waals surface area contributed by atoms with Crippen LogP contribution in [0.1, 0.15) is 13.3 Å². The van der Waals surface area contributed by atoms with Gasteiger partial charge in [0.15, 0.2) is 0 Å². The first-order valence-corrected chi connectivity index (χ1v) is 8.03. The van der Waals surface area contributed by atoms with Crippen molar-refractivity contribution in [3.05, 3.63) is 24.3 Å². The summed E-state index contributed by atoms with van der Waals surface area (Å²) in [5.41, 5.74) is 6.39. The highest BCUT2D eigenvalue weighted by Gasteiger charge is 2.06. The Morgan fingerprint density at radius 3 is 2.75 bits per heavy atom. The summed E-state index contributed by atoms with van der Waals surface area (Å²) in [4.78, 5) is 1.09. The molecule has 1 aromatic rings. The molecule has 0 heterocycles. The molecule has 0 unspecified atom stereocenters. The largest absolute Gasteiger partial charge is 0.399 e. The molecular formula is C11H17NO2S2. The van der Waals surface area contributed by atoms with Gasteiger partial charge in [0.05, 0.1) is 5.75 Å². The molecule has 0 spiro atoms. The molecule has 0 atom stereocenters. The monoisotopic (exact) mass is 259 g/mol. The van der Waals surface area contributed by atoms with E-state index in [2.05, 4.69) is 0 Å². The quantitative estimate of drug-likeness (QED) is 0.483. The first-order chi connectivity index (χ1) is 7.53. The zero-order valence-electron chi connectivity index (χ0n) is 9.35. The maximum atomic E-state index is 11.2. The van der Waals surface area contributed by atoms with Crippen LogP contribution >= 0.6 is 11.8 Å². The van der Waals surface area contributed by atoms with Gasteiger partial charge in [-0.15, -0.1) is 11.8 Å². The number of thioether (sulfide) groups is 1. The zero-order valence-corrected chi connectivity index (χ0v) is 11.0. The molecule has 0 bridgehead atoms. The van der Waals surface area contributed by atoms with Crippen molar-refractivity contribution in [2.45, 2.75) is 18.2 Å². The van der Waals surface area contributed by atoms with Gasteiger partial charge in [-0.05, 0) is 30.4 Å². The summed E-state index contributed by atoms with van der Waals surface area (Å²) in [6.07, 6.45) is 0.690. The SMILES string of the molecule is CCS(=O)(=O)CCCSc1cccc(N)c1. The smallest absolute Gasteiger partial charge is 0.150 e. The van der Waals surface area contributed by atoms with Gasteiger partial charge in [-0.2, -0.15) is 0 Å². The van der Waals surface area contributed by atoms with Gasteiger partial charge in [0.25, 0.3) is 0 Å². The van der Waals surface area contributed by atoms with Crippen molar-refractivity contribution in [1.82, 2.24) is 0 Å². The van der Waals surface area contributed by atoms with Crippen LogP contribution in [0, 0.1) is 0 Å². The van der Waals surface area contributed by atoms with E-state index in [0.29, 0.717) is 6.42 Å². The molecule has 0 saturated heterocycles. The first kappa shape index (κ1) is 13.4.